The van der Waals surface area contributed by atoms with E-state index in [1.165, 1.54) is 29.5 Å². The molecule has 1 aliphatic rings. The Morgan fingerprint density at radius 1 is 1.29 bits per heavy atom. The van der Waals surface area contributed by atoms with E-state index >= 15 is 0 Å². The van der Waals surface area contributed by atoms with Gasteiger partial charge in [-0.05, 0) is 56.8 Å². The van der Waals surface area contributed by atoms with Crippen LogP contribution in [0.25, 0.3) is 0 Å². The second-order valence-electron chi connectivity index (χ2n) is 5.81. The third kappa shape index (κ3) is 3.08. The molecule has 0 heterocycles. The van der Waals surface area contributed by atoms with Crippen LogP contribution in [0.3, 0.4) is 0 Å². The highest BCUT2D eigenvalue weighted by atomic mass is 15.1. The second-order valence-corrected chi connectivity index (χ2v) is 5.81. The molecule has 0 saturated heterocycles. The summed E-state index contributed by atoms with van der Waals surface area (Å²) >= 11 is 0. The molecule has 0 atom stereocenters. The molecule has 0 aliphatic heterocycles. The van der Waals surface area contributed by atoms with E-state index in [9.17, 15) is 0 Å². The zero-order valence-electron chi connectivity index (χ0n) is 11.3. The molecule has 0 bridgehead atoms. The van der Waals surface area contributed by atoms with Crippen LogP contribution in [0, 0.1) is 19.3 Å². The van der Waals surface area contributed by atoms with E-state index < -0.39 is 0 Å². The van der Waals surface area contributed by atoms with E-state index in [0.29, 0.717) is 5.41 Å². The molecule has 2 N–H and O–H groups in total. The zero-order chi connectivity index (χ0) is 12.5. The average molecular weight is 232 g/mol. The molecule has 0 unspecified atom stereocenters. The first-order valence-electron chi connectivity index (χ1n) is 6.49. The molecule has 94 valence electrons. The van der Waals surface area contributed by atoms with Crippen molar-refractivity contribution in [1.82, 2.24) is 4.90 Å². The van der Waals surface area contributed by atoms with Gasteiger partial charge in [-0.15, -0.1) is 0 Å². The quantitative estimate of drug-likeness (QED) is 0.845. The van der Waals surface area contributed by atoms with Crippen molar-refractivity contribution in [2.45, 2.75) is 33.2 Å². The van der Waals surface area contributed by atoms with Gasteiger partial charge in [0.2, 0.25) is 0 Å². The maximum atomic E-state index is 5.84. The Balaban J connectivity index is 1.98. The van der Waals surface area contributed by atoms with Crippen molar-refractivity contribution < 1.29 is 0 Å². The fourth-order valence-corrected chi connectivity index (χ4v) is 2.49. The molecule has 1 aliphatic carbocycles. The van der Waals surface area contributed by atoms with Crippen molar-refractivity contribution in [1.29, 1.82) is 0 Å². The molecule has 2 heteroatoms. The molecule has 1 fully saturated rings. The average Bonchev–Trinajstić information content (AvgIpc) is 3.04. The molecule has 1 saturated carbocycles. The number of aryl methyl sites for hydroxylation is 2. The first kappa shape index (κ1) is 12.6. The van der Waals surface area contributed by atoms with E-state index in [1.54, 1.807) is 0 Å². The fourth-order valence-electron chi connectivity index (χ4n) is 2.49. The topological polar surface area (TPSA) is 29.3 Å². The predicted molar refractivity (Wildman–Crippen MR) is 73.0 cm³/mol. The predicted octanol–water partition coefficient (Wildman–Crippen LogP) is 2.47. The Morgan fingerprint density at radius 3 is 2.59 bits per heavy atom. The highest BCUT2D eigenvalue weighted by molar-refractivity contribution is 5.30. The molecule has 0 radical (unpaired) electrons. The maximum Gasteiger partial charge on any atom is 0.0233 e. The zero-order valence-corrected chi connectivity index (χ0v) is 11.3. The van der Waals surface area contributed by atoms with Gasteiger partial charge < -0.3 is 10.6 Å². The van der Waals surface area contributed by atoms with E-state index in [0.717, 1.165) is 19.6 Å². The largest absolute Gasteiger partial charge is 0.330 e. The first-order valence-corrected chi connectivity index (χ1v) is 6.49. The van der Waals surface area contributed by atoms with Gasteiger partial charge >= 0.3 is 0 Å². The number of hydrogen-bond acceptors (Lipinski definition) is 2. The number of nitrogens with zero attached hydrogens (tertiary/aromatic N) is 1. The van der Waals surface area contributed by atoms with Gasteiger partial charge in [-0.25, -0.2) is 0 Å². The van der Waals surface area contributed by atoms with Gasteiger partial charge in [0.1, 0.15) is 0 Å². The summed E-state index contributed by atoms with van der Waals surface area (Å²) in [5.74, 6) is 0. The highest BCUT2D eigenvalue weighted by Gasteiger charge is 2.41. The number of rotatable bonds is 5. The third-order valence-corrected chi connectivity index (χ3v) is 3.94. The molecule has 2 nitrogen and oxygen atoms in total. The molecule has 1 aromatic carbocycles. The van der Waals surface area contributed by atoms with Crippen LogP contribution in [0.2, 0.25) is 0 Å². The Morgan fingerprint density at radius 2 is 2.00 bits per heavy atom. The normalized spacial score (nSPS) is 17.5. The summed E-state index contributed by atoms with van der Waals surface area (Å²) in [7, 11) is 2.21. The Kier molecular flexibility index (Phi) is 3.55. The molecular formula is C15H24N2. The SMILES string of the molecule is Cc1ccc(C)c(CN(C)CC2(CN)CC2)c1. The van der Waals surface area contributed by atoms with Crippen molar-refractivity contribution in [2.75, 3.05) is 20.1 Å². The minimum Gasteiger partial charge on any atom is -0.330 e. The fraction of sp³-hybridized carbons (Fsp3) is 0.600. The van der Waals surface area contributed by atoms with E-state index in [1.807, 2.05) is 0 Å². The molecule has 2 rings (SSSR count). The summed E-state index contributed by atoms with van der Waals surface area (Å²) in [5.41, 5.74) is 10.5. The summed E-state index contributed by atoms with van der Waals surface area (Å²) < 4.78 is 0. The molecule has 17 heavy (non-hydrogen) atoms. The van der Waals surface area contributed by atoms with Crippen LogP contribution in [0.4, 0.5) is 0 Å². The van der Waals surface area contributed by atoms with Gasteiger partial charge in [-0.1, -0.05) is 23.8 Å². The first-order chi connectivity index (χ1) is 8.04. The van der Waals surface area contributed by atoms with Crippen LogP contribution in [0.1, 0.15) is 29.5 Å². The van der Waals surface area contributed by atoms with E-state index in [2.05, 4.69) is 44.0 Å². The number of hydrogen-bond donors (Lipinski definition) is 1. The van der Waals surface area contributed by atoms with Crippen LogP contribution in [0.5, 0.6) is 0 Å². The van der Waals surface area contributed by atoms with Crippen molar-refractivity contribution in [3.8, 4) is 0 Å². The van der Waals surface area contributed by atoms with Gasteiger partial charge in [0.15, 0.2) is 0 Å². The van der Waals surface area contributed by atoms with Gasteiger partial charge in [0, 0.05) is 13.1 Å². The monoisotopic (exact) mass is 232 g/mol. The van der Waals surface area contributed by atoms with Crippen molar-refractivity contribution >= 4 is 0 Å². The third-order valence-electron chi connectivity index (χ3n) is 3.94. The lowest BCUT2D eigenvalue weighted by molar-refractivity contribution is 0.259. The lowest BCUT2D eigenvalue weighted by atomic mass is 10.0. The second kappa shape index (κ2) is 4.79. The smallest absolute Gasteiger partial charge is 0.0233 e. The van der Waals surface area contributed by atoms with Gasteiger partial charge in [0.05, 0.1) is 0 Å². The summed E-state index contributed by atoms with van der Waals surface area (Å²) in [6, 6.07) is 6.70. The summed E-state index contributed by atoms with van der Waals surface area (Å²) in [4.78, 5) is 2.42. The van der Waals surface area contributed by atoms with Crippen LogP contribution in [-0.4, -0.2) is 25.0 Å². The number of benzene rings is 1. The molecule has 1 aromatic rings. The summed E-state index contributed by atoms with van der Waals surface area (Å²) in [5, 5.41) is 0. The van der Waals surface area contributed by atoms with Crippen LogP contribution < -0.4 is 5.73 Å². The van der Waals surface area contributed by atoms with E-state index in [4.69, 9.17) is 5.73 Å². The van der Waals surface area contributed by atoms with Crippen LogP contribution in [0.15, 0.2) is 18.2 Å². The Labute approximate surface area is 105 Å². The lowest BCUT2D eigenvalue weighted by Crippen LogP contribution is -2.31. The minimum absolute atomic E-state index is 0.437. The Hall–Kier alpha value is -0.860. The van der Waals surface area contributed by atoms with Gasteiger partial charge in [-0.3, -0.25) is 0 Å². The summed E-state index contributed by atoms with van der Waals surface area (Å²) in [6.45, 7) is 7.36. The van der Waals surface area contributed by atoms with Gasteiger partial charge in [-0.2, -0.15) is 0 Å². The maximum absolute atomic E-state index is 5.84. The van der Waals surface area contributed by atoms with Crippen molar-refractivity contribution in [3.05, 3.63) is 34.9 Å². The molecule has 0 spiro atoms. The summed E-state index contributed by atoms with van der Waals surface area (Å²) in [6.07, 6.45) is 2.61. The minimum atomic E-state index is 0.437. The standard InChI is InChI=1S/C15H24N2/c1-12-4-5-13(2)14(8-12)9-17(3)11-15(10-16)6-7-15/h4-5,8H,6-7,9-11,16H2,1-3H3. The van der Waals surface area contributed by atoms with Crippen LogP contribution in [-0.2, 0) is 6.54 Å². The molecular weight excluding hydrogens is 208 g/mol. The van der Waals surface area contributed by atoms with Gasteiger partial charge in [0.25, 0.3) is 0 Å². The molecule has 0 aromatic heterocycles. The van der Waals surface area contributed by atoms with Crippen molar-refractivity contribution in [2.24, 2.45) is 11.1 Å². The Bertz CT molecular complexity index is 394. The van der Waals surface area contributed by atoms with E-state index in [-0.39, 0.29) is 0 Å². The highest BCUT2D eigenvalue weighted by Crippen LogP contribution is 2.45. The molecule has 0 amide bonds. The lowest BCUT2D eigenvalue weighted by Gasteiger charge is -2.23. The van der Waals surface area contributed by atoms with Crippen LogP contribution >= 0.6 is 0 Å². The van der Waals surface area contributed by atoms with Crippen molar-refractivity contribution in [3.63, 3.8) is 0 Å². The number of nitrogens with two attached hydrogens (primary N) is 1.